The molecule has 29 heavy (non-hydrogen) atoms. The summed E-state index contributed by atoms with van der Waals surface area (Å²) >= 11 is 0. The first kappa shape index (κ1) is 19.7. The van der Waals surface area contributed by atoms with E-state index in [1.807, 2.05) is 30.3 Å². The lowest BCUT2D eigenvalue weighted by molar-refractivity contribution is 0.00578. The predicted molar refractivity (Wildman–Crippen MR) is 118 cm³/mol. The Morgan fingerprint density at radius 3 is 2.03 bits per heavy atom. The van der Waals surface area contributed by atoms with Crippen molar-refractivity contribution in [1.82, 2.24) is 0 Å². The molecule has 1 fully saturated rings. The Morgan fingerprint density at radius 2 is 1.38 bits per heavy atom. The average molecular weight is 386 g/mol. The number of ether oxygens (including phenoxy) is 1. The topological polar surface area (TPSA) is 27.7 Å². The van der Waals surface area contributed by atoms with E-state index in [2.05, 4.69) is 76.2 Å². The summed E-state index contributed by atoms with van der Waals surface area (Å²) in [5, 5.41) is 0. The highest BCUT2D eigenvalue weighted by Crippen LogP contribution is 2.36. The zero-order valence-electron chi connectivity index (χ0n) is 17.5. The van der Waals surface area contributed by atoms with E-state index in [-0.39, 0.29) is 18.3 Å². The van der Waals surface area contributed by atoms with Gasteiger partial charge >= 0.3 is 7.12 Å². The van der Waals surface area contributed by atoms with Gasteiger partial charge in [0.15, 0.2) is 0 Å². The summed E-state index contributed by atoms with van der Waals surface area (Å²) in [4.78, 5) is 0. The minimum atomic E-state index is -0.353. The fourth-order valence-electron chi connectivity index (χ4n) is 3.33. The average Bonchev–Trinajstić information content (AvgIpc) is 2.95. The van der Waals surface area contributed by atoms with Crippen LogP contribution in [0, 0.1) is 0 Å². The van der Waals surface area contributed by atoms with E-state index in [0.29, 0.717) is 6.61 Å². The molecule has 3 nitrogen and oxygen atoms in total. The van der Waals surface area contributed by atoms with Crippen molar-refractivity contribution in [3.8, 4) is 16.9 Å². The minimum absolute atomic E-state index is 0.342. The van der Waals surface area contributed by atoms with Crippen LogP contribution in [0.1, 0.15) is 33.3 Å². The van der Waals surface area contributed by atoms with Gasteiger partial charge in [0.1, 0.15) is 12.4 Å². The number of benzene rings is 3. The zero-order valence-corrected chi connectivity index (χ0v) is 17.5. The molecule has 4 heteroatoms. The molecule has 0 radical (unpaired) electrons. The quantitative estimate of drug-likeness (QED) is 0.562. The third-order valence-corrected chi connectivity index (χ3v) is 5.85. The minimum Gasteiger partial charge on any atom is -0.489 e. The maximum Gasteiger partial charge on any atom is 0.494 e. The summed E-state index contributed by atoms with van der Waals surface area (Å²) in [6.45, 7) is 8.86. The maximum atomic E-state index is 6.19. The number of hydrogen-bond acceptors (Lipinski definition) is 3. The fourth-order valence-corrected chi connectivity index (χ4v) is 3.33. The summed E-state index contributed by atoms with van der Waals surface area (Å²) in [5.41, 5.74) is 3.77. The molecule has 3 aromatic rings. The van der Waals surface area contributed by atoms with Crippen LogP contribution in [-0.4, -0.2) is 18.3 Å². The summed E-state index contributed by atoms with van der Waals surface area (Å²) < 4.78 is 18.3. The van der Waals surface area contributed by atoms with Gasteiger partial charge in [0.05, 0.1) is 11.2 Å². The highest BCUT2D eigenvalue weighted by Gasteiger charge is 2.51. The standard InChI is InChI=1S/C25H27BO3/c1-24(2)25(3,4)29-26(28-24)22-12-8-11-21(17-22)20-13-15-23(16-14-20)27-18-19-9-6-5-7-10-19/h5-17H,18H2,1-4H3. The van der Waals surface area contributed by atoms with Crippen molar-refractivity contribution in [1.29, 1.82) is 0 Å². The van der Waals surface area contributed by atoms with Crippen LogP contribution in [0.5, 0.6) is 5.75 Å². The van der Waals surface area contributed by atoms with Crippen LogP contribution in [0.25, 0.3) is 11.1 Å². The van der Waals surface area contributed by atoms with Gasteiger partial charge in [0, 0.05) is 0 Å². The van der Waals surface area contributed by atoms with Gasteiger partial charge in [-0.25, -0.2) is 0 Å². The van der Waals surface area contributed by atoms with E-state index in [1.54, 1.807) is 0 Å². The van der Waals surface area contributed by atoms with Crippen molar-refractivity contribution in [2.45, 2.75) is 45.5 Å². The van der Waals surface area contributed by atoms with Crippen LogP contribution in [0.4, 0.5) is 0 Å². The smallest absolute Gasteiger partial charge is 0.489 e. The Bertz CT molecular complexity index is 949. The highest BCUT2D eigenvalue weighted by molar-refractivity contribution is 6.62. The Morgan fingerprint density at radius 1 is 0.724 bits per heavy atom. The van der Waals surface area contributed by atoms with Crippen molar-refractivity contribution in [3.05, 3.63) is 84.4 Å². The first-order chi connectivity index (χ1) is 13.8. The second kappa shape index (κ2) is 7.70. The Labute approximate surface area is 173 Å². The summed E-state index contributed by atoms with van der Waals surface area (Å²) in [5.74, 6) is 0.861. The van der Waals surface area contributed by atoms with E-state index >= 15 is 0 Å². The van der Waals surface area contributed by atoms with Gasteiger partial charge in [0.2, 0.25) is 0 Å². The second-order valence-electron chi connectivity index (χ2n) is 8.51. The lowest BCUT2D eigenvalue weighted by Gasteiger charge is -2.32. The van der Waals surface area contributed by atoms with Crippen molar-refractivity contribution in [2.24, 2.45) is 0 Å². The number of hydrogen-bond donors (Lipinski definition) is 0. The molecule has 1 aliphatic rings. The molecule has 0 saturated carbocycles. The molecule has 1 saturated heterocycles. The van der Waals surface area contributed by atoms with Crippen LogP contribution in [0.15, 0.2) is 78.9 Å². The third kappa shape index (κ3) is 4.24. The Kier molecular flexibility index (Phi) is 5.24. The molecule has 3 aromatic carbocycles. The van der Waals surface area contributed by atoms with Crippen LogP contribution >= 0.6 is 0 Å². The van der Waals surface area contributed by atoms with E-state index in [1.165, 1.54) is 0 Å². The zero-order chi connectivity index (χ0) is 20.5. The number of rotatable bonds is 5. The SMILES string of the molecule is CC1(C)OB(c2cccc(-c3ccc(OCc4ccccc4)cc3)c2)OC1(C)C. The van der Waals surface area contributed by atoms with Crippen molar-refractivity contribution >= 4 is 12.6 Å². The van der Waals surface area contributed by atoms with Crippen molar-refractivity contribution in [3.63, 3.8) is 0 Å². The Hall–Kier alpha value is -2.56. The molecular weight excluding hydrogens is 359 g/mol. The van der Waals surface area contributed by atoms with Crippen LogP contribution < -0.4 is 10.2 Å². The van der Waals surface area contributed by atoms with E-state index in [9.17, 15) is 0 Å². The molecule has 4 rings (SSSR count). The molecular formula is C25H27BO3. The fraction of sp³-hybridized carbons (Fsp3) is 0.280. The predicted octanol–water partition coefficient (Wildman–Crippen LogP) is 5.23. The molecule has 0 N–H and O–H groups in total. The first-order valence-corrected chi connectivity index (χ1v) is 10.1. The molecule has 0 spiro atoms. The van der Waals surface area contributed by atoms with Gasteiger partial charge in [-0.15, -0.1) is 0 Å². The lowest BCUT2D eigenvalue weighted by Crippen LogP contribution is -2.41. The normalized spacial score (nSPS) is 17.3. The molecule has 0 bridgehead atoms. The third-order valence-electron chi connectivity index (χ3n) is 5.85. The van der Waals surface area contributed by atoms with Crippen molar-refractivity contribution in [2.75, 3.05) is 0 Å². The summed E-state index contributed by atoms with van der Waals surface area (Å²) in [7, 11) is -0.353. The highest BCUT2D eigenvalue weighted by atomic mass is 16.7. The monoisotopic (exact) mass is 386 g/mol. The van der Waals surface area contributed by atoms with E-state index in [4.69, 9.17) is 14.0 Å². The second-order valence-corrected chi connectivity index (χ2v) is 8.51. The Balaban J connectivity index is 1.47. The van der Waals surface area contributed by atoms with Crippen molar-refractivity contribution < 1.29 is 14.0 Å². The van der Waals surface area contributed by atoms with Crippen LogP contribution in [0.3, 0.4) is 0 Å². The molecule has 0 atom stereocenters. The molecule has 0 amide bonds. The summed E-state index contributed by atoms with van der Waals surface area (Å²) in [6.07, 6.45) is 0. The first-order valence-electron chi connectivity index (χ1n) is 10.1. The molecule has 148 valence electrons. The van der Waals surface area contributed by atoms with E-state index < -0.39 is 0 Å². The van der Waals surface area contributed by atoms with Gasteiger partial charge in [-0.2, -0.15) is 0 Å². The van der Waals surface area contributed by atoms with Gasteiger partial charge in [-0.1, -0.05) is 66.7 Å². The van der Waals surface area contributed by atoms with E-state index in [0.717, 1.165) is 27.9 Å². The van der Waals surface area contributed by atoms with Crippen LogP contribution in [-0.2, 0) is 15.9 Å². The molecule has 0 aliphatic carbocycles. The summed E-state index contributed by atoms with van der Waals surface area (Å²) in [6, 6.07) is 26.7. The maximum absolute atomic E-state index is 6.19. The largest absolute Gasteiger partial charge is 0.494 e. The van der Waals surface area contributed by atoms with Gasteiger partial charge in [-0.3, -0.25) is 0 Å². The molecule has 0 unspecified atom stereocenters. The van der Waals surface area contributed by atoms with Gasteiger partial charge < -0.3 is 14.0 Å². The lowest BCUT2D eigenvalue weighted by atomic mass is 9.78. The van der Waals surface area contributed by atoms with Crippen LogP contribution in [0.2, 0.25) is 0 Å². The molecule has 1 aliphatic heterocycles. The molecule has 0 aromatic heterocycles. The van der Waals surface area contributed by atoms with Gasteiger partial charge in [0.25, 0.3) is 0 Å². The molecule has 1 heterocycles. The van der Waals surface area contributed by atoms with Gasteiger partial charge in [-0.05, 0) is 62.0 Å².